The third-order valence-electron chi connectivity index (χ3n) is 4.02. The largest absolute Gasteiger partial charge is 0.292 e. The second kappa shape index (κ2) is 8.21. The number of rotatable bonds is 6. The summed E-state index contributed by atoms with van der Waals surface area (Å²) in [6.45, 7) is 2.28. The molecule has 3 rings (SSSR count). The number of para-hydroxylation sites is 1. The fraction of sp³-hybridized carbons (Fsp3) is 0.158. The number of carbonyl (C=O) groups excluding carboxylic acids is 1. The molecule has 0 fully saturated rings. The van der Waals surface area contributed by atoms with Crippen LogP contribution in [0.4, 0.5) is 5.69 Å². The minimum absolute atomic E-state index is 0.0587. The Morgan fingerprint density at radius 2 is 1.89 bits per heavy atom. The van der Waals surface area contributed by atoms with Gasteiger partial charge in [0.15, 0.2) is 5.69 Å². The molecule has 0 unspecified atom stereocenters. The van der Waals surface area contributed by atoms with Crippen molar-refractivity contribution in [2.75, 3.05) is 0 Å². The van der Waals surface area contributed by atoms with Gasteiger partial charge in [-0.05, 0) is 18.6 Å². The lowest BCUT2D eigenvalue weighted by atomic mass is 10.1. The highest BCUT2D eigenvalue weighted by atomic mass is 16.6. The van der Waals surface area contributed by atoms with E-state index in [1.54, 1.807) is 36.4 Å². The number of nitro benzene ring substituents is 1. The van der Waals surface area contributed by atoms with Gasteiger partial charge in [-0.2, -0.15) is 10.2 Å². The van der Waals surface area contributed by atoms with E-state index < -0.39 is 10.8 Å². The average Bonchev–Trinajstić information content (AvgIpc) is 2.70. The Labute approximate surface area is 159 Å². The minimum atomic E-state index is -0.615. The van der Waals surface area contributed by atoms with Gasteiger partial charge >= 0.3 is 0 Å². The molecular formula is C19H17N5O4. The minimum Gasteiger partial charge on any atom is -0.267 e. The van der Waals surface area contributed by atoms with E-state index in [0.29, 0.717) is 23.7 Å². The summed E-state index contributed by atoms with van der Waals surface area (Å²) >= 11 is 0. The molecule has 0 aliphatic carbocycles. The maximum atomic E-state index is 12.6. The number of hydrazone groups is 1. The van der Waals surface area contributed by atoms with Crippen molar-refractivity contribution in [2.24, 2.45) is 5.10 Å². The van der Waals surface area contributed by atoms with Crippen LogP contribution in [0.15, 0.2) is 58.4 Å². The number of amides is 1. The van der Waals surface area contributed by atoms with Crippen molar-refractivity contribution in [2.45, 2.75) is 19.9 Å². The molecule has 1 amide bonds. The maximum absolute atomic E-state index is 12.6. The molecule has 0 aliphatic rings. The summed E-state index contributed by atoms with van der Waals surface area (Å²) in [6.07, 6.45) is 1.88. The van der Waals surface area contributed by atoms with Crippen molar-refractivity contribution >= 4 is 28.6 Å². The van der Waals surface area contributed by atoms with Crippen LogP contribution in [0.5, 0.6) is 0 Å². The van der Waals surface area contributed by atoms with Crippen molar-refractivity contribution in [3.63, 3.8) is 0 Å². The van der Waals surface area contributed by atoms with Crippen molar-refractivity contribution in [3.05, 3.63) is 80.3 Å². The summed E-state index contributed by atoms with van der Waals surface area (Å²) in [6, 6.07) is 12.7. The number of nitro groups is 1. The van der Waals surface area contributed by atoms with E-state index in [2.05, 4.69) is 15.6 Å². The lowest BCUT2D eigenvalue weighted by Crippen LogP contribution is -2.29. The summed E-state index contributed by atoms with van der Waals surface area (Å²) in [5.74, 6) is -0.615. The number of benzene rings is 2. The summed E-state index contributed by atoms with van der Waals surface area (Å²) in [5, 5.41) is 19.8. The molecule has 1 heterocycles. The summed E-state index contributed by atoms with van der Waals surface area (Å²) in [7, 11) is 0. The van der Waals surface area contributed by atoms with Crippen molar-refractivity contribution in [3.8, 4) is 0 Å². The van der Waals surface area contributed by atoms with E-state index in [0.717, 1.165) is 0 Å². The van der Waals surface area contributed by atoms with Crippen molar-refractivity contribution in [1.29, 1.82) is 0 Å². The molecule has 0 bridgehead atoms. The van der Waals surface area contributed by atoms with Gasteiger partial charge < -0.3 is 0 Å². The van der Waals surface area contributed by atoms with Gasteiger partial charge in [0.1, 0.15) is 0 Å². The number of nitrogens with one attached hydrogen (secondary N) is 1. The highest BCUT2D eigenvalue weighted by molar-refractivity contribution is 6.05. The molecule has 9 nitrogen and oxygen atoms in total. The number of hydrogen-bond donors (Lipinski definition) is 1. The lowest BCUT2D eigenvalue weighted by Gasteiger charge is -2.09. The fourth-order valence-corrected chi connectivity index (χ4v) is 2.74. The SMILES string of the molecule is CCCn1nc(C(=O)N/N=C\c2ccccc2[N+](=O)[O-])c2ccccc2c1=O. The molecule has 28 heavy (non-hydrogen) atoms. The van der Waals surface area contributed by atoms with Gasteiger partial charge in [0.05, 0.1) is 22.1 Å². The standard InChI is InChI=1S/C19H17N5O4/c1-2-11-23-19(26)15-9-5-4-8-14(15)17(22-23)18(25)21-20-12-13-7-3-6-10-16(13)24(27)28/h3-10,12H,2,11H2,1H3,(H,21,25)/b20-12-. The molecule has 0 atom stereocenters. The first-order chi connectivity index (χ1) is 13.5. The van der Waals surface area contributed by atoms with E-state index in [1.165, 1.54) is 23.0 Å². The molecular weight excluding hydrogens is 362 g/mol. The third kappa shape index (κ3) is 3.78. The Kier molecular flexibility index (Phi) is 5.54. The molecule has 0 radical (unpaired) electrons. The van der Waals surface area contributed by atoms with E-state index in [9.17, 15) is 19.7 Å². The van der Waals surface area contributed by atoms with Crippen LogP contribution in [0, 0.1) is 10.1 Å². The zero-order valence-corrected chi connectivity index (χ0v) is 15.0. The van der Waals surface area contributed by atoms with E-state index in [4.69, 9.17) is 0 Å². The summed E-state index contributed by atoms with van der Waals surface area (Å²) in [5.41, 5.74) is 2.24. The average molecular weight is 379 g/mol. The zero-order valence-electron chi connectivity index (χ0n) is 15.0. The highest BCUT2D eigenvalue weighted by Crippen LogP contribution is 2.16. The number of carbonyl (C=O) groups is 1. The maximum Gasteiger partial charge on any atom is 0.292 e. The van der Waals surface area contributed by atoms with E-state index in [1.807, 2.05) is 6.92 Å². The zero-order chi connectivity index (χ0) is 20.1. The number of aromatic nitrogens is 2. The van der Waals surface area contributed by atoms with Crippen LogP contribution in [0.2, 0.25) is 0 Å². The van der Waals surface area contributed by atoms with Gasteiger partial charge in [-0.3, -0.25) is 19.7 Å². The quantitative estimate of drug-likeness (QED) is 0.401. The smallest absolute Gasteiger partial charge is 0.267 e. The van der Waals surface area contributed by atoms with Gasteiger partial charge in [-0.25, -0.2) is 10.1 Å². The molecule has 0 saturated carbocycles. The molecule has 3 aromatic rings. The number of nitrogens with zero attached hydrogens (tertiary/aromatic N) is 4. The van der Waals surface area contributed by atoms with Crippen LogP contribution in [0.1, 0.15) is 29.4 Å². The Hall–Kier alpha value is -3.88. The number of fused-ring (bicyclic) bond motifs is 1. The normalized spacial score (nSPS) is 11.0. The molecule has 0 saturated heterocycles. The molecule has 9 heteroatoms. The van der Waals surface area contributed by atoms with Gasteiger partial charge in [-0.15, -0.1) is 0 Å². The Morgan fingerprint density at radius 1 is 1.21 bits per heavy atom. The fourth-order valence-electron chi connectivity index (χ4n) is 2.74. The van der Waals surface area contributed by atoms with Crippen LogP contribution >= 0.6 is 0 Å². The first-order valence-corrected chi connectivity index (χ1v) is 8.59. The van der Waals surface area contributed by atoms with Crippen LogP contribution in [-0.2, 0) is 6.54 Å². The van der Waals surface area contributed by atoms with Crippen LogP contribution in [0.3, 0.4) is 0 Å². The monoisotopic (exact) mass is 379 g/mol. The molecule has 2 aromatic carbocycles. The topological polar surface area (TPSA) is 119 Å². The van der Waals surface area contributed by atoms with E-state index in [-0.39, 0.29) is 22.5 Å². The van der Waals surface area contributed by atoms with Crippen molar-refractivity contribution < 1.29 is 9.72 Å². The Bertz CT molecular complexity index is 1140. The first-order valence-electron chi connectivity index (χ1n) is 8.59. The van der Waals surface area contributed by atoms with Crippen LogP contribution < -0.4 is 11.0 Å². The predicted molar refractivity (Wildman–Crippen MR) is 104 cm³/mol. The summed E-state index contributed by atoms with van der Waals surface area (Å²) in [4.78, 5) is 35.6. The van der Waals surface area contributed by atoms with E-state index >= 15 is 0 Å². The number of hydrogen-bond acceptors (Lipinski definition) is 6. The number of aryl methyl sites for hydroxylation is 1. The van der Waals surface area contributed by atoms with Gasteiger partial charge in [-0.1, -0.05) is 37.3 Å². The second-order valence-corrected chi connectivity index (χ2v) is 5.94. The molecule has 1 aromatic heterocycles. The molecule has 0 spiro atoms. The Balaban J connectivity index is 1.93. The van der Waals surface area contributed by atoms with Gasteiger partial charge in [0.2, 0.25) is 0 Å². The van der Waals surface area contributed by atoms with Crippen molar-refractivity contribution in [1.82, 2.24) is 15.2 Å². The highest BCUT2D eigenvalue weighted by Gasteiger charge is 2.16. The second-order valence-electron chi connectivity index (χ2n) is 5.94. The molecule has 142 valence electrons. The Morgan fingerprint density at radius 3 is 2.61 bits per heavy atom. The summed E-state index contributed by atoms with van der Waals surface area (Å²) < 4.78 is 1.25. The molecule has 1 N–H and O–H groups in total. The van der Waals surface area contributed by atoms with Crippen LogP contribution in [0.25, 0.3) is 10.8 Å². The predicted octanol–water partition coefficient (Wildman–Crippen LogP) is 2.48. The van der Waals surface area contributed by atoms with Crippen LogP contribution in [-0.4, -0.2) is 26.8 Å². The third-order valence-corrected chi connectivity index (χ3v) is 4.02. The van der Waals surface area contributed by atoms with Gasteiger partial charge in [0, 0.05) is 18.0 Å². The van der Waals surface area contributed by atoms with Gasteiger partial charge in [0.25, 0.3) is 17.2 Å². The lowest BCUT2D eigenvalue weighted by molar-refractivity contribution is -0.385. The first kappa shape index (κ1) is 18.9. The molecule has 0 aliphatic heterocycles.